The molecule has 1 N–H and O–H groups in total. The van der Waals surface area contributed by atoms with Gasteiger partial charge in [0, 0.05) is 50.1 Å². The van der Waals surface area contributed by atoms with Crippen molar-refractivity contribution in [1.29, 1.82) is 0 Å². The number of piperazine rings is 1. The Morgan fingerprint density at radius 2 is 1.72 bits per heavy atom. The van der Waals surface area contributed by atoms with E-state index >= 15 is 0 Å². The molecule has 0 saturated carbocycles. The van der Waals surface area contributed by atoms with Gasteiger partial charge >= 0.3 is 0 Å². The maximum Gasteiger partial charge on any atom is 0.238 e. The molecule has 172 valence electrons. The third-order valence-corrected chi connectivity index (χ3v) is 8.11. The Balaban J connectivity index is 1.23. The van der Waals surface area contributed by atoms with Gasteiger partial charge in [-0.1, -0.05) is 30.3 Å². The Bertz CT molecular complexity index is 1000. The number of anilines is 2. The minimum atomic E-state index is -2.95. The third kappa shape index (κ3) is 6.09. The summed E-state index contributed by atoms with van der Waals surface area (Å²) >= 11 is 0. The molecule has 2 aliphatic heterocycles. The van der Waals surface area contributed by atoms with Crippen molar-refractivity contribution in [2.75, 3.05) is 61.5 Å². The van der Waals surface area contributed by atoms with Crippen molar-refractivity contribution in [1.82, 2.24) is 9.80 Å². The summed E-state index contributed by atoms with van der Waals surface area (Å²) in [6.07, 6.45) is 0.597. The summed E-state index contributed by atoms with van der Waals surface area (Å²) < 4.78 is 23.3. The van der Waals surface area contributed by atoms with Crippen molar-refractivity contribution < 1.29 is 13.2 Å². The lowest BCUT2D eigenvalue weighted by Crippen LogP contribution is -2.45. The third-order valence-electron chi connectivity index (χ3n) is 6.36. The first kappa shape index (κ1) is 22.8. The van der Waals surface area contributed by atoms with Gasteiger partial charge in [0.2, 0.25) is 5.91 Å². The minimum Gasteiger partial charge on any atom is -0.369 e. The predicted octanol–water partition coefficient (Wildman–Crippen LogP) is 2.07. The number of nitrogens with one attached hydrogen (secondary N) is 1. The van der Waals surface area contributed by atoms with E-state index in [2.05, 4.69) is 51.5 Å². The predicted molar refractivity (Wildman–Crippen MR) is 129 cm³/mol. The number of hydrogen-bond acceptors (Lipinski definition) is 6. The zero-order valence-electron chi connectivity index (χ0n) is 18.6. The van der Waals surface area contributed by atoms with E-state index < -0.39 is 9.84 Å². The van der Waals surface area contributed by atoms with Crippen LogP contribution < -0.4 is 10.2 Å². The fraction of sp³-hybridized carbons (Fsp3) is 0.458. The van der Waals surface area contributed by atoms with Crippen LogP contribution in [-0.4, -0.2) is 81.4 Å². The van der Waals surface area contributed by atoms with E-state index in [1.54, 1.807) is 0 Å². The van der Waals surface area contributed by atoms with Crippen LogP contribution in [0.4, 0.5) is 11.4 Å². The van der Waals surface area contributed by atoms with Crippen LogP contribution in [-0.2, 0) is 21.2 Å². The van der Waals surface area contributed by atoms with Crippen LogP contribution in [0.25, 0.3) is 0 Å². The second-order valence-electron chi connectivity index (χ2n) is 8.82. The standard InChI is InChI=1S/C24H32N4O3S/c1-26(23-11-16-32(30,31)19-23)18-24(29)25-21-7-9-22(10-8-21)28-14-12-27(13-15-28)17-20-5-3-2-4-6-20/h2-10,23H,11-19H2,1H3,(H,25,29). The molecule has 0 spiro atoms. The Hall–Kier alpha value is -2.42. The van der Waals surface area contributed by atoms with Gasteiger partial charge in [-0.25, -0.2) is 8.42 Å². The van der Waals surface area contributed by atoms with E-state index in [0.29, 0.717) is 6.42 Å². The molecule has 4 rings (SSSR count). The molecule has 2 aliphatic rings. The van der Waals surface area contributed by atoms with Gasteiger partial charge < -0.3 is 10.2 Å². The monoisotopic (exact) mass is 456 g/mol. The van der Waals surface area contributed by atoms with Gasteiger partial charge in [0.15, 0.2) is 9.84 Å². The quantitative estimate of drug-likeness (QED) is 0.688. The summed E-state index contributed by atoms with van der Waals surface area (Å²) in [4.78, 5) is 19.1. The van der Waals surface area contributed by atoms with Gasteiger partial charge in [0.1, 0.15) is 0 Å². The molecule has 1 amide bonds. The first-order valence-electron chi connectivity index (χ1n) is 11.2. The Kier molecular flexibility index (Phi) is 7.13. The normalized spacial score (nSPS) is 21.1. The van der Waals surface area contributed by atoms with Crippen molar-refractivity contribution in [3.05, 3.63) is 60.2 Å². The summed E-state index contributed by atoms with van der Waals surface area (Å²) in [5.74, 6) is 0.231. The van der Waals surface area contributed by atoms with Crippen molar-refractivity contribution in [3.63, 3.8) is 0 Å². The van der Waals surface area contributed by atoms with Gasteiger partial charge in [0.25, 0.3) is 0 Å². The van der Waals surface area contributed by atoms with Gasteiger partial charge in [0.05, 0.1) is 18.1 Å². The molecule has 2 saturated heterocycles. The van der Waals surface area contributed by atoms with Crippen LogP contribution >= 0.6 is 0 Å². The van der Waals surface area contributed by atoms with Crippen LogP contribution in [0.2, 0.25) is 0 Å². The highest BCUT2D eigenvalue weighted by atomic mass is 32.2. The molecule has 8 heteroatoms. The Morgan fingerprint density at radius 3 is 2.34 bits per heavy atom. The average molecular weight is 457 g/mol. The molecule has 1 unspecified atom stereocenters. The Morgan fingerprint density at radius 1 is 1.03 bits per heavy atom. The number of carbonyl (C=O) groups excluding carboxylic acids is 1. The van der Waals surface area contributed by atoms with Gasteiger partial charge in [-0.05, 0) is 43.3 Å². The second kappa shape index (κ2) is 10.0. The molecule has 2 aromatic carbocycles. The molecule has 2 heterocycles. The summed E-state index contributed by atoms with van der Waals surface area (Å²) in [6.45, 7) is 5.18. The second-order valence-corrected chi connectivity index (χ2v) is 11.0. The lowest BCUT2D eigenvalue weighted by Gasteiger charge is -2.36. The van der Waals surface area contributed by atoms with Gasteiger partial charge in [-0.3, -0.25) is 14.6 Å². The van der Waals surface area contributed by atoms with Gasteiger partial charge in [-0.15, -0.1) is 0 Å². The van der Waals surface area contributed by atoms with Crippen LogP contribution in [0.1, 0.15) is 12.0 Å². The molecule has 2 aromatic rings. The molecule has 32 heavy (non-hydrogen) atoms. The van der Waals surface area contributed by atoms with E-state index in [9.17, 15) is 13.2 Å². The van der Waals surface area contributed by atoms with E-state index in [1.165, 1.54) is 5.56 Å². The van der Waals surface area contributed by atoms with Crippen LogP contribution in [0.15, 0.2) is 54.6 Å². The van der Waals surface area contributed by atoms with E-state index in [0.717, 1.165) is 44.1 Å². The van der Waals surface area contributed by atoms with Crippen molar-refractivity contribution in [2.24, 2.45) is 0 Å². The molecule has 0 radical (unpaired) electrons. The summed E-state index contributed by atoms with van der Waals surface area (Å²) in [5, 5.41) is 2.92. The number of likely N-dealkylation sites (N-methyl/N-ethyl adjacent to an activating group) is 1. The highest BCUT2D eigenvalue weighted by molar-refractivity contribution is 7.91. The highest BCUT2D eigenvalue weighted by Crippen LogP contribution is 2.21. The molecular formula is C24H32N4O3S. The number of nitrogens with zero attached hydrogens (tertiary/aromatic N) is 3. The number of benzene rings is 2. The number of amides is 1. The Labute approximate surface area is 190 Å². The van der Waals surface area contributed by atoms with E-state index in [4.69, 9.17) is 0 Å². The zero-order chi connectivity index (χ0) is 22.6. The molecule has 0 bridgehead atoms. The first-order chi connectivity index (χ1) is 15.4. The summed E-state index contributed by atoms with van der Waals surface area (Å²) in [5.41, 5.74) is 3.27. The fourth-order valence-corrected chi connectivity index (χ4v) is 6.25. The highest BCUT2D eigenvalue weighted by Gasteiger charge is 2.31. The minimum absolute atomic E-state index is 0.0753. The maximum atomic E-state index is 12.4. The smallest absolute Gasteiger partial charge is 0.238 e. The maximum absolute atomic E-state index is 12.4. The summed E-state index contributed by atoms with van der Waals surface area (Å²) in [7, 11) is -1.14. The lowest BCUT2D eigenvalue weighted by molar-refractivity contribution is -0.117. The molecule has 2 fully saturated rings. The topological polar surface area (TPSA) is 73.0 Å². The molecule has 1 atom stereocenters. The number of carbonyl (C=O) groups is 1. The number of sulfone groups is 1. The molecule has 0 aromatic heterocycles. The molecule has 0 aliphatic carbocycles. The van der Waals surface area contributed by atoms with Crippen LogP contribution in [0, 0.1) is 0 Å². The largest absolute Gasteiger partial charge is 0.369 e. The van der Waals surface area contributed by atoms with Gasteiger partial charge in [-0.2, -0.15) is 0 Å². The van der Waals surface area contributed by atoms with E-state index in [1.807, 2.05) is 30.1 Å². The number of hydrogen-bond donors (Lipinski definition) is 1. The van der Waals surface area contributed by atoms with Crippen LogP contribution in [0.3, 0.4) is 0 Å². The average Bonchev–Trinajstić information content (AvgIpc) is 3.15. The van der Waals surface area contributed by atoms with Crippen molar-refractivity contribution in [3.8, 4) is 0 Å². The van der Waals surface area contributed by atoms with E-state index in [-0.39, 0.29) is 30.0 Å². The molecule has 7 nitrogen and oxygen atoms in total. The first-order valence-corrected chi connectivity index (χ1v) is 13.0. The number of rotatable bonds is 7. The van der Waals surface area contributed by atoms with Crippen LogP contribution in [0.5, 0.6) is 0 Å². The summed E-state index contributed by atoms with van der Waals surface area (Å²) in [6, 6.07) is 18.5. The van der Waals surface area contributed by atoms with Crippen molar-refractivity contribution >= 4 is 27.1 Å². The SMILES string of the molecule is CN(CC(=O)Nc1ccc(N2CCN(Cc3ccccc3)CC2)cc1)C1CCS(=O)(=O)C1. The molecular weight excluding hydrogens is 424 g/mol. The lowest BCUT2D eigenvalue weighted by atomic mass is 10.2. The zero-order valence-corrected chi connectivity index (χ0v) is 19.4. The fourth-order valence-electron chi connectivity index (χ4n) is 4.44. The van der Waals surface area contributed by atoms with Crippen molar-refractivity contribution in [2.45, 2.75) is 19.0 Å².